The lowest BCUT2D eigenvalue weighted by Crippen LogP contribution is -2.15. The topological polar surface area (TPSA) is 23.8 Å². The molecule has 0 amide bonds. The first-order chi connectivity index (χ1) is 9.57. The van der Waals surface area contributed by atoms with Crippen LogP contribution < -0.4 is 0 Å². The van der Waals surface area contributed by atoms with E-state index in [1.165, 1.54) is 27.8 Å². The van der Waals surface area contributed by atoms with E-state index in [9.17, 15) is 0 Å². The highest BCUT2D eigenvalue weighted by atomic mass is 14.4. The Morgan fingerprint density at radius 3 is 2.05 bits per heavy atom. The molecule has 0 N–H and O–H groups in total. The number of fused-ring (bicyclic) bond motifs is 3. The van der Waals surface area contributed by atoms with Crippen molar-refractivity contribution in [1.82, 2.24) is 0 Å². The first-order valence-electron chi connectivity index (χ1n) is 7.22. The summed E-state index contributed by atoms with van der Waals surface area (Å²) in [5.74, 6) is 0. The van der Waals surface area contributed by atoms with Gasteiger partial charge >= 0.3 is 0 Å². The third-order valence-corrected chi connectivity index (χ3v) is 4.50. The summed E-state index contributed by atoms with van der Waals surface area (Å²) in [6.45, 7) is 6.77. The molecule has 0 saturated heterocycles. The zero-order valence-corrected chi connectivity index (χ0v) is 12.3. The molecule has 0 atom stereocenters. The van der Waals surface area contributed by atoms with Crippen molar-refractivity contribution >= 4 is 0 Å². The van der Waals surface area contributed by atoms with Crippen molar-refractivity contribution < 1.29 is 0 Å². The molecule has 0 unspecified atom stereocenters. The monoisotopic (exact) mass is 261 g/mol. The van der Waals surface area contributed by atoms with Crippen molar-refractivity contribution in [2.24, 2.45) is 0 Å². The Bertz CT molecular complexity index is 717. The fourth-order valence-corrected chi connectivity index (χ4v) is 3.25. The highest BCUT2D eigenvalue weighted by Crippen LogP contribution is 2.49. The second-order valence-electron chi connectivity index (χ2n) is 6.07. The summed E-state index contributed by atoms with van der Waals surface area (Å²) in [7, 11) is 0. The van der Waals surface area contributed by atoms with Gasteiger partial charge in [-0.1, -0.05) is 57.2 Å². The predicted molar refractivity (Wildman–Crippen MR) is 82.7 cm³/mol. The molecule has 2 aromatic rings. The standard InChI is InChI=1S/C19H19N/c1-4-13-5-7-15-16-8-6-14(9-10-20)12-18(16)19(2,3)17(15)11-13/h5-8,11-12H,4,9H2,1-3H3. The maximum atomic E-state index is 8.89. The van der Waals surface area contributed by atoms with Crippen LogP contribution in [0.2, 0.25) is 0 Å². The van der Waals surface area contributed by atoms with Crippen LogP contribution in [0, 0.1) is 11.3 Å². The van der Waals surface area contributed by atoms with Crippen molar-refractivity contribution in [3.05, 3.63) is 58.7 Å². The summed E-state index contributed by atoms with van der Waals surface area (Å²) in [6, 6.07) is 15.6. The minimum Gasteiger partial charge on any atom is -0.198 e. The van der Waals surface area contributed by atoms with E-state index < -0.39 is 0 Å². The fourth-order valence-electron chi connectivity index (χ4n) is 3.25. The molecule has 20 heavy (non-hydrogen) atoms. The Kier molecular flexibility index (Phi) is 2.91. The molecular formula is C19H19N. The van der Waals surface area contributed by atoms with E-state index >= 15 is 0 Å². The van der Waals surface area contributed by atoms with Gasteiger partial charge in [0.25, 0.3) is 0 Å². The normalized spacial score (nSPS) is 14.5. The SMILES string of the molecule is CCc1ccc2c(c1)C(C)(C)c1cc(CC#N)ccc1-2. The van der Waals surface area contributed by atoms with Crippen LogP contribution in [0.15, 0.2) is 36.4 Å². The molecular weight excluding hydrogens is 242 g/mol. The minimum absolute atomic E-state index is 0.0291. The summed E-state index contributed by atoms with van der Waals surface area (Å²) in [5.41, 5.74) is 7.99. The molecule has 0 radical (unpaired) electrons. The molecule has 0 spiro atoms. The quantitative estimate of drug-likeness (QED) is 0.773. The lowest BCUT2D eigenvalue weighted by molar-refractivity contribution is 0.658. The van der Waals surface area contributed by atoms with Gasteiger partial charge in [-0.15, -0.1) is 0 Å². The van der Waals surface area contributed by atoms with Crippen molar-refractivity contribution in [3.8, 4) is 17.2 Å². The molecule has 100 valence electrons. The molecule has 0 saturated carbocycles. The Labute approximate surface area is 120 Å². The van der Waals surface area contributed by atoms with Crippen LogP contribution in [0.3, 0.4) is 0 Å². The van der Waals surface area contributed by atoms with E-state index in [4.69, 9.17) is 5.26 Å². The van der Waals surface area contributed by atoms with Gasteiger partial charge in [0.15, 0.2) is 0 Å². The van der Waals surface area contributed by atoms with Crippen LogP contribution in [0.25, 0.3) is 11.1 Å². The number of nitriles is 1. The summed E-state index contributed by atoms with van der Waals surface area (Å²) in [4.78, 5) is 0. The number of benzene rings is 2. The predicted octanol–water partition coefficient (Wildman–Crippen LogP) is 4.62. The number of aryl methyl sites for hydroxylation is 1. The van der Waals surface area contributed by atoms with Crippen LogP contribution >= 0.6 is 0 Å². The van der Waals surface area contributed by atoms with E-state index in [-0.39, 0.29) is 5.41 Å². The highest BCUT2D eigenvalue weighted by molar-refractivity contribution is 5.81. The molecule has 1 heteroatoms. The first kappa shape index (κ1) is 12.9. The molecule has 0 heterocycles. The summed E-state index contributed by atoms with van der Waals surface area (Å²) >= 11 is 0. The number of rotatable bonds is 2. The van der Waals surface area contributed by atoms with Crippen molar-refractivity contribution in [3.63, 3.8) is 0 Å². The Balaban J connectivity index is 2.21. The zero-order chi connectivity index (χ0) is 14.3. The number of hydrogen-bond acceptors (Lipinski definition) is 1. The molecule has 1 aliphatic rings. The Morgan fingerprint density at radius 1 is 0.950 bits per heavy atom. The van der Waals surface area contributed by atoms with Crippen LogP contribution in [0.4, 0.5) is 0 Å². The second kappa shape index (κ2) is 4.49. The Morgan fingerprint density at radius 2 is 1.50 bits per heavy atom. The van der Waals surface area contributed by atoms with Gasteiger partial charge in [-0.3, -0.25) is 0 Å². The first-order valence-corrected chi connectivity index (χ1v) is 7.22. The minimum atomic E-state index is 0.0291. The molecule has 0 aromatic heterocycles. The van der Waals surface area contributed by atoms with E-state index in [2.05, 4.69) is 63.2 Å². The van der Waals surface area contributed by atoms with Gasteiger partial charge in [0.1, 0.15) is 0 Å². The average Bonchev–Trinajstić information content (AvgIpc) is 2.68. The third-order valence-electron chi connectivity index (χ3n) is 4.50. The van der Waals surface area contributed by atoms with Gasteiger partial charge < -0.3 is 0 Å². The summed E-state index contributed by atoms with van der Waals surface area (Å²) in [6.07, 6.45) is 1.55. The molecule has 1 nitrogen and oxygen atoms in total. The molecule has 3 rings (SSSR count). The average molecular weight is 261 g/mol. The smallest absolute Gasteiger partial charge is 0.0669 e. The summed E-state index contributed by atoms with van der Waals surface area (Å²) < 4.78 is 0. The molecule has 1 aliphatic carbocycles. The van der Waals surface area contributed by atoms with E-state index in [1.807, 2.05) is 0 Å². The largest absolute Gasteiger partial charge is 0.198 e. The highest BCUT2D eigenvalue weighted by Gasteiger charge is 2.35. The number of hydrogen-bond donors (Lipinski definition) is 0. The van der Waals surface area contributed by atoms with Gasteiger partial charge in [0.2, 0.25) is 0 Å². The van der Waals surface area contributed by atoms with Gasteiger partial charge in [0, 0.05) is 5.41 Å². The van der Waals surface area contributed by atoms with Crippen LogP contribution in [-0.4, -0.2) is 0 Å². The van der Waals surface area contributed by atoms with Gasteiger partial charge in [-0.2, -0.15) is 5.26 Å². The van der Waals surface area contributed by atoms with Crippen LogP contribution in [0.1, 0.15) is 43.0 Å². The van der Waals surface area contributed by atoms with Crippen LogP contribution in [0.5, 0.6) is 0 Å². The summed E-state index contributed by atoms with van der Waals surface area (Å²) in [5, 5.41) is 8.89. The van der Waals surface area contributed by atoms with Crippen molar-refractivity contribution in [2.45, 2.75) is 39.0 Å². The molecule has 0 aliphatic heterocycles. The molecule has 0 bridgehead atoms. The lowest BCUT2D eigenvalue weighted by atomic mass is 9.81. The number of nitrogens with zero attached hydrogens (tertiary/aromatic N) is 1. The molecule has 2 aromatic carbocycles. The third kappa shape index (κ3) is 1.76. The Hall–Kier alpha value is -2.07. The fraction of sp³-hybridized carbons (Fsp3) is 0.316. The van der Waals surface area contributed by atoms with Crippen LogP contribution in [-0.2, 0) is 18.3 Å². The lowest BCUT2D eigenvalue weighted by Gasteiger charge is -2.22. The second-order valence-corrected chi connectivity index (χ2v) is 6.07. The van der Waals surface area contributed by atoms with Crippen molar-refractivity contribution in [2.75, 3.05) is 0 Å². The van der Waals surface area contributed by atoms with Gasteiger partial charge in [-0.25, -0.2) is 0 Å². The van der Waals surface area contributed by atoms with Gasteiger partial charge in [-0.05, 0) is 39.8 Å². The maximum Gasteiger partial charge on any atom is 0.0669 e. The van der Waals surface area contributed by atoms with E-state index in [1.54, 1.807) is 0 Å². The van der Waals surface area contributed by atoms with Crippen molar-refractivity contribution in [1.29, 1.82) is 5.26 Å². The zero-order valence-electron chi connectivity index (χ0n) is 12.3. The van der Waals surface area contributed by atoms with E-state index in [0.29, 0.717) is 6.42 Å². The van der Waals surface area contributed by atoms with Gasteiger partial charge in [0.05, 0.1) is 12.5 Å². The van der Waals surface area contributed by atoms with E-state index in [0.717, 1.165) is 12.0 Å². The maximum absolute atomic E-state index is 8.89. The molecule has 0 fully saturated rings.